The predicted molar refractivity (Wildman–Crippen MR) is 148 cm³/mol. The quantitative estimate of drug-likeness (QED) is 0.0833. The number of carbonyl (C=O) groups excluding carboxylic acids is 1. The molecule has 0 saturated heterocycles. The Morgan fingerprint density at radius 2 is 1.23 bits per heavy atom. The molecule has 3 unspecified atom stereocenters. The van der Waals surface area contributed by atoms with Crippen molar-refractivity contribution in [3.05, 3.63) is 24.3 Å². The van der Waals surface area contributed by atoms with Crippen LogP contribution in [-0.4, -0.2) is 46.1 Å². The van der Waals surface area contributed by atoms with Gasteiger partial charge in [-0.2, -0.15) is 0 Å². The molecule has 5 heteroatoms. The maximum atomic E-state index is 12.2. The average Bonchev–Trinajstić information content (AvgIpc) is 2.86. The van der Waals surface area contributed by atoms with Crippen LogP contribution in [0.4, 0.5) is 0 Å². The Morgan fingerprint density at radius 1 is 0.714 bits per heavy atom. The maximum absolute atomic E-state index is 12.2. The van der Waals surface area contributed by atoms with Gasteiger partial charge in [0.15, 0.2) is 0 Å². The average molecular weight is 496 g/mol. The van der Waals surface area contributed by atoms with E-state index in [1.54, 1.807) is 0 Å². The molecule has 0 aromatic carbocycles. The number of nitrogens with one attached hydrogen (secondary N) is 1. The molecular weight excluding hydrogens is 438 g/mol. The van der Waals surface area contributed by atoms with Crippen LogP contribution in [-0.2, 0) is 4.79 Å². The molecule has 0 heterocycles. The molecule has 0 aromatic rings. The van der Waals surface area contributed by atoms with Gasteiger partial charge in [-0.25, -0.2) is 0 Å². The Balaban J connectivity index is 3.83. The molecule has 0 fully saturated rings. The lowest BCUT2D eigenvalue weighted by Gasteiger charge is -2.26. The molecule has 0 aliphatic carbocycles. The van der Waals surface area contributed by atoms with E-state index in [1.807, 2.05) is 0 Å². The number of unbranched alkanes of at least 4 members (excludes halogenated alkanes) is 13. The molecule has 0 radical (unpaired) electrons. The van der Waals surface area contributed by atoms with Crippen LogP contribution in [0.1, 0.15) is 136 Å². The molecule has 0 aliphatic heterocycles. The first-order chi connectivity index (χ1) is 17.1. The highest BCUT2D eigenvalue weighted by atomic mass is 16.3. The molecule has 4 N–H and O–H groups in total. The highest BCUT2D eigenvalue weighted by Gasteiger charge is 2.26. The number of carbonyl (C=O) groups is 1. The Hall–Kier alpha value is -1.17. The first kappa shape index (κ1) is 33.8. The molecule has 206 valence electrons. The van der Waals surface area contributed by atoms with E-state index in [1.165, 1.54) is 57.8 Å². The minimum atomic E-state index is -1.16. The second-order valence-corrected chi connectivity index (χ2v) is 9.91. The van der Waals surface area contributed by atoms with Gasteiger partial charge in [0.1, 0.15) is 6.10 Å². The highest BCUT2D eigenvalue weighted by molar-refractivity contribution is 5.76. The third kappa shape index (κ3) is 21.8. The van der Waals surface area contributed by atoms with Crippen molar-refractivity contribution in [1.29, 1.82) is 0 Å². The lowest BCUT2D eigenvalue weighted by Crippen LogP contribution is -2.50. The molecule has 0 spiro atoms. The molecule has 1 amide bonds. The van der Waals surface area contributed by atoms with Crippen molar-refractivity contribution < 1.29 is 20.1 Å². The van der Waals surface area contributed by atoms with Gasteiger partial charge in [-0.05, 0) is 44.9 Å². The summed E-state index contributed by atoms with van der Waals surface area (Å²) in [5, 5.41) is 32.9. The van der Waals surface area contributed by atoms with E-state index in [0.717, 1.165) is 51.4 Å². The Kier molecular flexibility index (Phi) is 25.0. The van der Waals surface area contributed by atoms with Gasteiger partial charge in [0.2, 0.25) is 5.91 Å². The van der Waals surface area contributed by atoms with E-state index in [2.05, 4.69) is 43.5 Å². The van der Waals surface area contributed by atoms with Gasteiger partial charge in [-0.3, -0.25) is 4.79 Å². The zero-order valence-corrected chi connectivity index (χ0v) is 22.9. The summed E-state index contributed by atoms with van der Waals surface area (Å²) in [6.45, 7) is 3.99. The van der Waals surface area contributed by atoms with Crippen molar-refractivity contribution >= 4 is 5.91 Å². The number of aliphatic hydroxyl groups is 3. The monoisotopic (exact) mass is 495 g/mol. The lowest BCUT2D eigenvalue weighted by atomic mass is 10.0. The largest absolute Gasteiger partial charge is 0.394 e. The number of hydrogen-bond donors (Lipinski definition) is 4. The van der Waals surface area contributed by atoms with Crippen LogP contribution in [0.5, 0.6) is 0 Å². The van der Waals surface area contributed by atoms with E-state index in [-0.39, 0.29) is 12.5 Å². The van der Waals surface area contributed by atoms with Gasteiger partial charge in [-0.15, -0.1) is 0 Å². The zero-order chi connectivity index (χ0) is 26.0. The third-order valence-electron chi connectivity index (χ3n) is 6.55. The van der Waals surface area contributed by atoms with Crippen molar-refractivity contribution in [2.24, 2.45) is 0 Å². The molecule has 0 rings (SSSR count). The molecule has 0 saturated carbocycles. The van der Waals surface area contributed by atoms with Crippen molar-refractivity contribution in [2.75, 3.05) is 6.61 Å². The summed E-state index contributed by atoms with van der Waals surface area (Å²) in [6.07, 6.45) is 27.0. The normalized spacial score (nSPS) is 14.5. The van der Waals surface area contributed by atoms with Crippen LogP contribution in [0, 0.1) is 0 Å². The van der Waals surface area contributed by atoms with Crippen molar-refractivity contribution in [1.82, 2.24) is 5.32 Å². The van der Waals surface area contributed by atoms with E-state index in [9.17, 15) is 20.1 Å². The maximum Gasteiger partial charge on any atom is 0.220 e. The Morgan fingerprint density at radius 3 is 1.77 bits per heavy atom. The Labute approximate surface area is 216 Å². The van der Waals surface area contributed by atoms with Crippen molar-refractivity contribution in [3.63, 3.8) is 0 Å². The number of amides is 1. The number of aliphatic hydroxyl groups excluding tert-OH is 3. The first-order valence-electron chi connectivity index (χ1n) is 14.6. The van der Waals surface area contributed by atoms with Crippen LogP contribution < -0.4 is 5.32 Å². The number of rotatable bonds is 25. The first-order valence-corrected chi connectivity index (χ1v) is 14.6. The van der Waals surface area contributed by atoms with E-state index >= 15 is 0 Å². The topological polar surface area (TPSA) is 89.8 Å². The SMILES string of the molecule is CC/C=C/CC/C=C/CCCC(O)C(O)C(CO)NC(=O)CCCCCCCCCCCCCC. The van der Waals surface area contributed by atoms with Crippen LogP contribution in [0.15, 0.2) is 24.3 Å². The highest BCUT2D eigenvalue weighted by Crippen LogP contribution is 2.13. The third-order valence-corrected chi connectivity index (χ3v) is 6.55. The molecule has 0 aliphatic rings. The predicted octanol–water partition coefficient (Wildman–Crippen LogP) is 6.75. The molecule has 0 aromatic heterocycles. The van der Waals surface area contributed by atoms with Gasteiger partial charge in [0.05, 0.1) is 18.8 Å². The van der Waals surface area contributed by atoms with Crippen LogP contribution in [0.25, 0.3) is 0 Å². The van der Waals surface area contributed by atoms with Crippen LogP contribution >= 0.6 is 0 Å². The summed E-state index contributed by atoms with van der Waals surface area (Å²) in [5.41, 5.74) is 0. The smallest absolute Gasteiger partial charge is 0.220 e. The second-order valence-electron chi connectivity index (χ2n) is 9.91. The molecule has 3 atom stereocenters. The summed E-state index contributed by atoms with van der Waals surface area (Å²) in [5.74, 6) is -0.164. The zero-order valence-electron chi connectivity index (χ0n) is 22.9. The number of hydrogen-bond acceptors (Lipinski definition) is 4. The Bertz CT molecular complexity index is 520. The summed E-state index contributed by atoms with van der Waals surface area (Å²) < 4.78 is 0. The fourth-order valence-electron chi connectivity index (χ4n) is 4.24. The summed E-state index contributed by atoms with van der Waals surface area (Å²) in [6, 6.07) is -0.823. The molecule has 0 bridgehead atoms. The van der Waals surface area contributed by atoms with E-state index in [4.69, 9.17) is 0 Å². The van der Waals surface area contributed by atoms with E-state index in [0.29, 0.717) is 12.8 Å². The van der Waals surface area contributed by atoms with Gasteiger partial charge >= 0.3 is 0 Å². The molecule has 35 heavy (non-hydrogen) atoms. The minimum Gasteiger partial charge on any atom is -0.394 e. The van der Waals surface area contributed by atoms with Crippen molar-refractivity contribution in [2.45, 2.75) is 154 Å². The van der Waals surface area contributed by atoms with E-state index < -0.39 is 18.2 Å². The number of allylic oxidation sites excluding steroid dienone is 4. The van der Waals surface area contributed by atoms with Gasteiger partial charge in [-0.1, -0.05) is 109 Å². The summed E-state index contributed by atoms with van der Waals surface area (Å²) in [7, 11) is 0. The molecule has 5 nitrogen and oxygen atoms in total. The fraction of sp³-hybridized carbons (Fsp3) is 0.833. The second kappa shape index (κ2) is 25.9. The fourth-order valence-corrected chi connectivity index (χ4v) is 4.24. The van der Waals surface area contributed by atoms with Crippen LogP contribution in [0.3, 0.4) is 0 Å². The van der Waals surface area contributed by atoms with Gasteiger partial charge < -0.3 is 20.6 Å². The minimum absolute atomic E-state index is 0.164. The summed E-state index contributed by atoms with van der Waals surface area (Å²) in [4.78, 5) is 12.2. The molecular formula is C30H57NO4. The standard InChI is InChI=1S/C30H57NO4/c1-3-5-7-9-11-13-14-15-17-19-21-23-25-29(34)31-27(26-32)30(35)28(33)24-22-20-18-16-12-10-8-6-4-2/h6,8,16,18,27-28,30,32-33,35H,3-5,7,9-15,17,19-26H2,1-2H3,(H,31,34)/b8-6+,18-16+. The summed E-state index contributed by atoms with van der Waals surface area (Å²) >= 11 is 0. The van der Waals surface area contributed by atoms with Crippen LogP contribution in [0.2, 0.25) is 0 Å². The van der Waals surface area contributed by atoms with Crippen molar-refractivity contribution in [3.8, 4) is 0 Å². The lowest BCUT2D eigenvalue weighted by molar-refractivity contribution is -0.124. The van der Waals surface area contributed by atoms with Gasteiger partial charge in [0.25, 0.3) is 0 Å². The van der Waals surface area contributed by atoms with Gasteiger partial charge in [0, 0.05) is 6.42 Å².